The van der Waals surface area contributed by atoms with Gasteiger partial charge in [0, 0.05) is 18.1 Å². The Hall–Kier alpha value is -2.37. The summed E-state index contributed by atoms with van der Waals surface area (Å²) in [4.78, 5) is 0. The second-order valence-corrected chi connectivity index (χ2v) is 5.82. The summed E-state index contributed by atoms with van der Waals surface area (Å²) in [5.74, 6) is 0.706. The van der Waals surface area contributed by atoms with Crippen LogP contribution in [0.15, 0.2) is 54.6 Å². The molecule has 0 radical (unpaired) electrons. The third-order valence-electron chi connectivity index (χ3n) is 4.53. The highest BCUT2D eigenvalue weighted by molar-refractivity contribution is 6.01. The molecule has 1 aliphatic rings. The van der Waals surface area contributed by atoms with E-state index < -0.39 is 11.7 Å². The predicted molar refractivity (Wildman–Crippen MR) is 87.6 cm³/mol. The summed E-state index contributed by atoms with van der Waals surface area (Å²) in [6.07, 6.45) is 0. The summed E-state index contributed by atoms with van der Waals surface area (Å²) < 4.78 is 6.05. The minimum Gasteiger partial charge on any atom is -0.622 e. The van der Waals surface area contributed by atoms with E-state index in [2.05, 4.69) is 0 Å². The molecule has 0 saturated carbocycles. The average Bonchev–Trinajstić information content (AvgIpc) is 2.77. The van der Waals surface area contributed by atoms with E-state index in [-0.39, 0.29) is 0 Å². The van der Waals surface area contributed by atoms with Crippen LogP contribution in [-0.4, -0.2) is 33.9 Å². The Balaban J connectivity index is 2.12. The predicted octanol–water partition coefficient (Wildman–Crippen LogP) is 2.96. The summed E-state index contributed by atoms with van der Waals surface area (Å²) in [6.45, 7) is 3.54. The Labute approximate surface area is 135 Å². The molecule has 0 saturated heterocycles. The molecule has 0 bridgehead atoms. The molecule has 0 aliphatic carbocycles. The average molecular weight is 312 g/mol. The molecule has 1 aliphatic heterocycles. The first-order valence-electron chi connectivity index (χ1n) is 7.52. The van der Waals surface area contributed by atoms with Gasteiger partial charge in [-0.3, -0.25) is 0 Å². The highest BCUT2D eigenvalue weighted by atomic mass is 16.6. The number of hydrogen-bond donors (Lipinski definition) is 1. The van der Waals surface area contributed by atoms with Gasteiger partial charge in [-0.2, -0.15) is 4.74 Å². The largest absolute Gasteiger partial charge is 0.622 e. The van der Waals surface area contributed by atoms with Crippen molar-refractivity contribution in [2.45, 2.75) is 25.6 Å². The van der Waals surface area contributed by atoms with Crippen LogP contribution in [0, 0.1) is 5.21 Å². The van der Waals surface area contributed by atoms with Crippen LogP contribution in [-0.2, 0) is 5.66 Å². The molecule has 3 rings (SSSR count). The lowest BCUT2D eigenvalue weighted by Crippen LogP contribution is -2.45. The SMILES string of the molecule is COc1ccc([C@@]2(C)N(O)[C@H](C)C(c3ccccc3)=[N+]2[O-])cc1. The van der Waals surface area contributed by atoms with Crippen molar-refractivity contribution in [2.75, 3.05) is 7.11 Å². The lowest BCUT2D eigenvalue weighted by Gasteiger charge is -2.29. The van der Waals surface area contributed by atoms with E-state index in [1.54, 1.807) is 38.3 Å². The molecule has 1 N–H and O–H groups in total. The van der Waals surface area contributed by atoms with Gasteiger partial charge in [0.15, 0.2) is 0 Å². The zero-order valence-electron chi connectivity index (χ0n) is 13.4. The highest BCUT2D eigenvalue weighted by Crippen LogP contribution is 2.36. The second kappa shape index (κ2) is 5.68. The van der Waals surface area contributed by atoms with Crippen molar-refractivity contribution in [3.63, 3.8) is 0 Å². The van der Waals surface area contributed by atoms with Gasteiger partial charge in [-0.05, 0) is 43.3 Å². The Bertz CT molecular complexity index is 728. The number of methoxy groups -OCH3 is 1. The van der Waals surface area contributed by atoms with E-state index in [1.807, 2.05) is 37.3 Å². The van der Waals surface area contributed by atoms with Crippen molar-refractivity contribution >= 4 is 5.71 Å². The Morgan fingerprint density at radius 1 is 1.13 bits per heavy atom. The fourth-order valence-electron chi connectivity index (χ4n) is 3.11. The number of nitrogens with zero attached hydrogens (tertiary/aromatic N) is 2. The van der Waals surface area contributed by atoms with Crippen LogP contribution in [0.5, 0.6) is 5.75 Å². The molecule has 5 nitrogen and oxygen atoms in total. The smallest absolute Gasteiger partial charge is 0.274 e. The van der Waals surface area contributed by atoms with Crippen molar-refractivity contribution in [2.24, 2.45) is 0 Å². The Morgan fingerprint density at radius 3 is 2.30 bits per heavy atom. The Kier molecular flexibility index (Phi) is 3.83. The number of hydrogen-bond acceptors (Lipinski definition) is 4. The fourth-order valence-corrected chi connectivity index (χ4v) is 3.11. The summed E-state index contributed by atoms with van der Waals surface area (Å²) in [5.41, 5.74) is 0.878. The first-order chi connectivity index (χ1) is 11.0. The van der Waals surface area contributed by atoms with Gasteiger partial charge < -0.3 is 15.2 Å². The van der Waals surface area contributed by atoms with E-state index in [4.69, 9.17) is 4.74 Å². The van der Waals surface area contributed by atoms with Gasteiger partial charge in [0.05, 0.1) is 7.11 Å². The maximum Gasteiger partial charge on any atom is 0.274 e. The minimum atomic E-state index is -1.18. The van der Waals surface area contributed by atoms with E-state index in [9.17, 15) is 10.4 Å². The van der Waals surface area contributed by atoms with Gasteiger partial charge in [-0.15, -0.1) is 5.06 Å². The molecule has 23 heavy (non-hydrogen) atoms. The van der Waals surface area contributed by atoms with Gasteiger partial charge in [0.25, 0.3) is 5.66 Å². The van der Waals surface area contributed by atoms with Crippen LogP contribution >= 0.6 is 0 Å². The standard InChI is InChI=1S/C18H20N2O3/c1-13-17(14-7-5-4-6-8-14)20(22)18(2,19(13)21)15-9-11-16(23-3)12-10-15/h4-13,21H,1-3H3/t13-,18+/m1/s1. The second-order valence-electron chi connectivity index (χ2n) is 5.82. The topological polar surface area (TPSA) is 58.8 Å². The normalized spacial score (nSPS) is 25.0. The van der Waals surface area contributed by atoms with Gasteiger partial charge in [0.2, 0.25) is 5.71 Å². The molecular weight excluding hydrogens is 292 g/mol. The summed E-state index contributed by atoms with van der Waals surface area (Å²) in [6, 6.07) is 16.2. The molecule has 0 aromatic heterocycles. The van der Waals surface area contributed by atoms with E-state index in [1.165, 1.54) is 0 Å². The highest BCUT2D eigenvalue weighted by Gasteiger charge is 2.54. The molecule has 2 aromatic rings. The van der Waals surface area contributed by atoms with Crippen LogP contribution in [0.4, 0.5) is 0 Å². The maximum absolute atomic E-state index is 13.1. The first kappa shape index (κ1) is 15.5. The summed E-state index contributed by atoms with van der Waals surface area (Å²) >= 11 is 0. The zero-order chi connectivity index (χ0) is 16.6. The molecule has 0 spiro atoms. The van der Waals surface area contributed by atoms with E-state index in [0.29, 0.717) is 17.0 Å². The lowest BCUT2D eigenvalue weighted by molar-refractivity contribution is -0.595. The first-order valence-corrected chi connectivity index (χ1v) is 7.52. The zero-order valence-corrected chi connectivity index (χ0v) is 13.4. The molecule has 0 amide bonds. The summed E-state index contributed by atoms with van der Waals surface area (Å²) in [5, 5.41) is 24.8. The van der Waals surface area contributed by atoms with Crippen molar-refractivity contribution in [3.05, 3.63) is 70.9 Å². The van der Waals surface area contributed by atoms with Crippen LogP contribution in [0.2, 0.25) is 0 Å². The maximum atomic E-state index is 13.1. The lowest BCUT2D eigenvalue weighted by atomic mass is 10.0. The van der Waals surface area contributed by atoms with Crippen LogP contribution in [0.25, 0.3) is 0 Å². The number of rotatable bonds is 3. The van der Waals surface area contributed by atoms with E-state index in [0.717, 1.165) is 15.4 Å². The third-order valence-corrected chi connectivity index (χ3v) is 4.53. The summed E-state index contributed by atoms with van der Waals surface area (Å²) in [7, 11) is 1.59. The molecule has 1 heterocycles. The van der Waals surface area contributed by atoms with Gasteiger partial charge >= 0.3 is 0 Å². The fraction of sp³-hybridized carbons (Fsp3) is 0.278. The molecule has 0 unspecified atom stereocenters. The molecule has 0 fully saturated rings. The quantitative estimate of drug-likeness (QED) is 0.699. The minimum absolute atomic E-state index is 0.415. The molecule has 120 valence electrons. The Morgan fingerprint density at radius 2 is 1.74 bits per heavy atom. The molecule has 5 heteroatoms. The van der Waals surface area contributed by atoms with Crippen LogP contribution in [0.1, 0.15) is 25.0 Å². The van der Waals surface area contributed by atoms with Crippen molar-refractivity contribution < 1.29 is 14.7 Å². The number of ether oxygens (including phenoxy) is 1. The third kappa shape index (κ3) is 2.29. The molecule has 2 atom stereocenters. The number of benzene rings is 2. The van der Waals surface area contributed by atoms with Crippen LogP contribution in [0.3, 0.4) is 0 Å². The molecular formula is C18H20N2O3. The number of hydroxylamine groups is 3. The van der Waals surface area contributed by atoms with Crippen molar-refractivity contribution in [1.82, 2.24) is 5.06 Å². The monoisotopic (exact) mass is 312 g/mol. The van der Waals surface area contributed by atoms with E-state index >= 15 is 0 Å². The molecule has 2 aromatic carbocycles. The van der Waals surface area contributed by atoms with Gasteiger partial charge in [0.1, 0.15) is 11.8 Å². The van der Waals surface area contributed by atoms with Gasteiger partial charge in [-0.25, -0.2) is 0 Å². The van der Waals surface area contributed by atoms with Gasteiger partial charge in [-0.1, -0.05) is 18.2 Å². The van der Waals surface area contributed by atoms with Crippen molar-refractivity contribution in [1.29, 1.82) is 0 Å². The van der Waals surface area contributed by atoms with Crippen LogP contribution < -0.4 is 4.74 Å². The van der Waals surface area contributed by atoms with Crippen molar-refractivity contribution in [3.8, 4) is 5.75 Å².